The van der Waals surface area contributed by atoms with E-state index in [1.54, 1.807) is 33.9 Å². The average Bonchev–Trinajstić information content (AvgIpc) is 3.24. The number of hydrogen-bond acceptors (Lipinski definition) is 6. The van der Waals surface area contributed by atoms with Gasteiger partial charge in [0.15, 0.2) is 0 Å². The number of fused-ring (bicyclic) bond motifs is 4. The van der Waals surface area contributed by atoms with Gasteiger partial charge in [0.25, 0.3) is 5.56 Å². The van der Waals surface area contributed by atoms with Gasteiger partial charge in [0.1, 0.15) is 23.0 Å². The fourth-order valence-corrected chi connectivity index (χ4v) is 4.22. The molecular weight excluding hydrogens is 360 g/mol. The van der Waals surface area contributed by atoms with E-state index < -0.39 is 0 Å². The van der Waals surface area contributed by atoms with Crippen LogP contribution in [0, 0.1) is 0 Å². The predicted octanol–water partition coefficient (Wildman–Crippen LogP) is 2.95. The number of thiazole rings is 1. The molecule has 0 fully saturated rings. The molecule has 5 aromatic rings. The van der Waals surface area contributed by atoms with Crippen LogP contribution in [-0.4, -0.2) is 38.2 Å². The summed E-state index contributed by atoms with van der Waals surface area (Å²) in [6, 6.07) is 7.72. The Labute approximate surface area is 158 Å². The van der Waals surface area contributed by atoms with E-state index in [0.717, 1.165) is 32.6 Å². The van der Waals surface area contributed by atoms with Crippen molar-refractivity contribution in [3.8, 4) is 5.69 Å². The fourth-order valence-electron chi connectivity index (χ4n) is 3.51. The lowest BCUT2D eigenvalue weighted by Gasteiger charge is -2.13. The molecule has 0 aliphatic heterocycles. The van der Waals surface area contributed by atoms with E-state index in [-0.39, 0.29) is 5.56 Å². The van der Waals surface area contributed by atoms with Gasteiger partial charge in [-0.05, 0) is 24.3 Å². The summed E-state index contributed by atoms with van der Waals surface area (Å²) in [6.45, 7) is 0. The van der Waals surface area contributed by atoms with Crippen molar-refractivity contribution >= 4 is 49.3 Å². The Balaban J connectivity index is 1.86. The van der Waals surface area contributed by atoms with Crippen molar-refractivity contribution in [1.82, 2.24) is 24.1 Å². The monoisotopic (exact) mass is 376 g/mol. The number of aromatic nitrogens is 5. The van der Waals surface area contributed by atoms with Crippen molar-refractivity contribution in [2.24, 2.45) is 7.05 Å². The van der Waals surface area contributed by atoms with Gasteiger partial charge in [-0.25, -0.2) is 15.0 Å². The molecule has 0 aliphatic carbocycles. The molecule has 134 valence electrons. The average molecular weight is 376 g/mol. The van der Waals surface area contributed by atoms with Crippen LogP contribution in [0.2, 0.25) is 0 Å². The number of anilines is 1. The molecule has 0 bridgehead atoms. The van der Waals surface area contributed by atoms with Gasteiger partial charge in [0.05, 0.1) is 32.5 Å². The topological polar surface area (TPSA) is 68.8 Å². The number of rotatable bonds is 2. The molecule has 0 radical (unpaired) electrons. The molecule has 0 spiro atoms. The summed E-state index contributed by atoms with van der Waals surface area (Å²) in [4.78, 5) is 28.7. The molecule has 0 amide bonds. The first-order chi connectivity index (χ1) is 13.1. The van der Waals surface area contributed by atoms with Crippen LogP contribution in [0.3, 0.4) is 0 Å². The maximum atomic E-state index is 13.3. The number of benzene rings is 1. The van der Waals surface area contributed by atoms with Crippen LogP contribution in [0.25, 0.3) is 38.0 Å². The third kappa shape index (κ3) is 2.20. The number of pyridine rings is 1. The van der Waals surface area contributed by atoms with Crippen LogP contribution < -0.4 is 10.5 Å². The first-order valence-corrected chi connectivity index (χ1v) is 9.30. The standard InChI is InChI=1S/C19H16N6OS/c1-23(2)13-6-7-20-18-15(13)16-17(24(18)3)19(26)25(9-21-16)11-4-5-12-14(8-11)27-10-22-12/h4-10H,1-3H3. The Morgan fingerprint density at radius 3 is 2.78 bits per heavy atom. The Hall–Kier alpha value is -3.26. The molecule has 0 saturated carbocycles. The number of hydrogen-bond donors (Lipinski definition) is 0. The van der Waals surface area contributed by atoms with E-state index in [9.17, 15) is 4.79 Å². The van der Waals surface area contributed by atoms with Gasteiger partial charge < -0.3 is 9.47 Å². The van der Waals surface area contributed by atoms with Gasteiger partial charge in [0.2, 0.25) is 0 Å². The second-order valence-electron chi connectivity index (χ2n) is 6.60. The molecule has 8 heteroatoms. The molecule has 4 aromatic heterocycles. The molecular formula is C19H16N6OS. The summed E-state index contributed by atoms with van der Waals surface area (Å²) < 4.78 is 4.44. The van der Waals surface area contributed by atoms with Crippen LogP contribution in [-0.2, 0) is 7.05 Å². The molecule has 0 atom stereocenters. The van der Waals surface area contributed by atoms with Gasteiger partial charge >= 0.3 is 0 Å². The Kier molecular flexibility index (Phi) is 3.32. The molecule has 5 rings (SSSR count). The molecule has 7 nitrogen and oxygen atoms in total. The van der Waals surface area contributed by atoms with Crippen LogP contribution in [0.4, 0.5) is 5.69 Å². The normalized spacial score (nSPS) is 11.7. The molecule has 27 heavy (non-hydrogen) atoms. The van der Waals surface area contributed by atoms with Crippen molar-refractivity contribution < 1.29 is 0 Å². The number of aryl methyl sites for hydroxylation is 1. The van der Waals surface area contributed by atoms with Crippen LogP contribution >= 0.6 is 11.3 Å². The molecule has 0 N–H and O–H groups in total. The van der Waals surface area contributed by atoms with Gasteiger partial charge in [-0.1, -0.05) is 0 Å². The van der Waals surface area contributed by atoms with Crippen molar-refractivity contribution in [2.45, 2.75) is 0 Å². The third-order valence-electron chi connectivity index (χ3n) is 4.82. The minimum absolute atomic E-state index is 0.117. The Morgan fingerprint density at radius 2 is 1.96 bits per heavy atom. The smallest absolute Gasteiger partial charge is 0.282 e. The van der Waals surface area contributed by atoms with E-state index in [0.29, 0.717) is 11.0 Å². The van der Waals surface area contributed by atoms with E-state index in [1.165, 1.54) is 0 Å². The van der Waals surface area contributed by atoms with E-state index in [4.69, 9.17) is 0 Å². The SMILES string of the molecule is CN(C)c1ccnc2c1c1ncn(-c3ccc4ncsc4c3)c(=O)c1n2C. The summed E-state index contributed by atoms with van der Waals surface area (Å²) in [5.74, 6) is 0. The third-order valence-corrected chi connectivity index (χ3v) is 5.61. The van der Waals surface area contributed by atoms with Crippen LogP contribution in [0.5, 0.6) is 0 Å². The van der Waals surface area contributed by atoms with Gasteiger partial charge in [0, 0.05) is 27.3 Å². The summed E-state index contributed by atoms with van der Waals surface area (Å²) >= 11 is 1.55. The maximum Gasteiger partial charge on any atom is 0.282 e. The zero-order valence-corrected chi connectivity index (χ0v) is 15.9. The largest absolute Gasteiger partial charge is 0.377 e. The molecule has 0 unspecified atom stereocenters. The fraction of sp³-hybridized carbons (Fsp3) is 0.158. The van der Waals surface area contributed by atoms with E-state index >= 15 is 0 Å². The molecule has 0 aliphatic rings. The second-order valence-corrected chi connectivity index (χ2v) is 7.49. The molecule has 0 saturated heterocycles. The van der Waals surface area contributed by atoms with Crippen molar-refractivity contribution in [3.63, 3.8) is 0 Å². The van der Waals surface area contributed by atoms with Crippen molar-refractivity contribution in [2.75, 3.05) is 19.0 Å². The zero-order valence-electron chi connectivity index (χ0n) is 15.0. The Morgan fingerprint density at radius 1 is 1.11 bits per heavy atom. The summed E-state index contributed by atoms with van der Waals surface area (Å²) in [7, 11) is 5.80. The van der Waals surface area contributed by atoms with E-state index in [1.807, 2.05) is 54.9 Å². The minimum atomic E-state index is -0.117. The summed E-state index contributed by atoms with van der Waals surface area (Å²) in [5, 5.41) is 0.891. The van der Waals surface area contributed by atoms with Gasteiger partial charge in [-0.3, -0.25) is 9.36 Å². The lowest BCUT2D eigenvalue weighted by atomic mass is 10.2. The highest BCUT2D eigenvalue weighted by Crippen LogP contribution is 2.31. The Bertz CT molecular complexity index is 1390. The van der Waals surface area contributed by atoms with E-state index in [2.05, 4.69) is 15.0 Å². The molecule has 1 aromatic carbocycles. The first-order valence-electron chi connectivity index (χ1n) is 8.42. The first kappa shape index (κ1) is 16.0. The van der Waals surface area contributed by atoms with Crippen molar-refractivity contribution in [1.29, 1.82) is 0 Å². The lowest BCUT2D eigenvalue weighted by molar-refractivity contribution is 0.921. The van der Waals surface area contributed by atoms with Crippen LogP contribution in [0.15, 0.2) is 47.1 Å². The van der Waals surface area contributed by atoms with Gasteiger partial charge in [-0.2, -0.15) is 0 Å². The van der Waals surface area contributed by atoms with Crippen LogP contribution in [0.1, 0.15) is 0 Å². The lowest BCUT2D eigenvalue weighted by Crippen LogP contribution is -2.20. The van der Waals surface area contributed by atoms with Crippen molar-refractivity contribution in [3.05, 3.63) is 52.7 Å². The highest BCUT2D eigenvalue weighted by molar-refractivity contribution is 7.16. The quantitative estimate of drug-likeness (QED) is 0.474. The summed E-state index contributed by atoms with van der Waals surface area (Å²) in [6.07, 6.45) is 3.35. The van der Waals surface area contributed by atoms with Gasteiger partial charge in [-0.15, -0.1) is 11.3 Å². The maximum absolute atomic E-state index is 13.3. The zero-order chi connectivity index (χ0) is 18.7. The highest BCUT2D eigenvalue weighted by atomic mass is 32.1. The summed E-state index contributed by atoms with van der Waals surface area (Å²) in [5.41, 5.74) is 6.33. The number of nitrogens with zero attached hydrogens (tertiary/aromatic N) is 6. The predicted molar refractivity (Wildman–Crippen MR) is 109 cm³/mol. The minimum Gasteiger partial charge on any atom is -0.377 e. The second kappa shape index (κ2) is 5.62. The molecule has 4 heterocycles. The highest BCUT2D eigenvalue weighted by Gasteiger charge is 2.19.